The highest BCUT2D eigenvalue weighted by Crippen LogP contribution is 2.29. The summed E-state index contributed by atoms with van der Waals surface area (Å²) < 4.78 is 2.06. The van der Waals surface area contributed by atoms with E-state index in [1.807, 2.05) is 12.3 Å². The van der Waals surface area contributed by atoms with Crippen molar-refractivity contribution in [2.45, 2.75) is 18.9 Å². The monoisotopic (exact) mass is 426 g/mol. The van der Waals surface area contributed by atoms with Crippen LogP contribution in [-0.2, 0) is 0 Å². The average Bonchev–Trinajstić information content (AvgIpc) is 3.35. The summed E-state index contributed by atoms with van der Waals surface area (Å²) in [6.07, 6.45) is 7.96. The Hall–Kier alpha value is -2.70. The zero-order chi connectivity index (χ0) is 19.8. The Kier molecular flexibility index (Phi) is 4.81. The quantitative estimate of drug-likeness (QED) is 0.610. The molecule has 146 valence electrons. The number of benzene rings is 1. The molecule has 2 aliphatic heterocycles. The zero-order valence-corrected chi connectivity index (χ0v) is 17.0. The number of halogens is 2. The molecule has 0 bridgehead atoms. The van der Waals surface area contributed by atoms with Gasteiger partial charge in [0.15, 0.2) is 0 Å². The molecular formula is C20H18Cl2N7+. The van der Waals surface area contributed by atoms with Crippen LogP contribution in [0.3, 0.4) is 0 Å². The number of aromatic nitrogens is 3. The van der Waals surface area contributed by atoms with Gasteiger partial charge in [-0.25, -0.2) is 10.3 Å². The van der Waals surface area contributed by atoms with E-state index < -0.39 is 0 Å². The molecule has 0 atom stereocenters. The topological polar surface area (TPSA) is 81.2 Å². The maximum absolute atomic E-state index is 6.09. The van der Waals surface area contributed by atoms with E-state index in [1.165, 1.54) is 0 Å². The van der Waals surface area contributed by atoms with Crippen LogP contribution in [0.2, 0.25) is 10.0 Å². The molecular weight excluding hydrogens is 409 g/mol. The first-order chi connectivity index (χ1) is 14.2. The fourth-order valence-corrected chi connectivity index (χ4v) is 4.16. The molecule has 0 amide bonds. The van der Waals surface area contributed by atoms with Crippen LogP contribution in [-0.4, -0.2) is 38.5 Å². The highest BCUT2D eigenvalue weighted by atomic mass is 35.5. The lowest BCUT2D eigenvalue weighted by Crippen LogP contribution is -2.29. The maximum atomic E-state index is 6.09. The average molecular weight is 427 g/mol. The van der Waals surface area contributed by atoms with Crippen molar-refractivity contribution in [3.05, 3.63) is 58.5 Å². The summed E-state index contributed by atoms with van der Waals surface area (Å²) in [4.78, 5) is 8.69. The van der Waals surface area contributed by atoms with E-state index in [1.54, 1.807) is 24.4 Å². The summed E-state index contributed by atoms with van der Waals surface area (Å²) in [7, 11) is 0. The number of rotatable bonds is 3. The van der Waals surface area contributed by atoms with Gasteiger partial charge < -0.3 is 5.32 Å². The van der Waals surface area contributed by atoms with E-state index in [-0.39, 0.29) is 0 Å². The fourth-order valence-electron chi connectivity index (χ4n) is 3.63. The Labute approximate surface area is 177 Å². The fraction of sp³-hybridized carbons (Fsp3) is 0.250. The van der Waals surface area contributed by atoms with E-state index in [2.05, 4.69) is 41.5 Å². The Balaban J connectivity index is 1.41. The standard InChI is InChI=1S/C20H17Cl2N7/c21-14-6-15(22)8-16(7-14)26-20-18-5-12(9-24-19(18)27-28-20)13-10-25-29(11-13)17-1-3-23-4-2-17/h5-11,17,23H,1-4H2/p+1. The van der Waals surface area contributed by atoms with Crippen molar-refractivity contribution in [3.8, 4) is 11.1 Å². The number of hydrogen-bond donors (Lipinski definition) is 2. The largest absolute Gasteiger partial charge is 0.416 e. The molecule has 0 aliphatic carbocycles. The van der Waals surface area contributed by atoms with Crippen LogP contribution in [0.15, 0.2) is 48.0 Å². The molecule has 1 saturated heterocycles. The van der Waals surface area contributed by atoms with Crippen LogP contribution in [0.5, 0.6) is 0 Å². The molecule has 7 nitrogen and oxygen atoms in total. The van der Waals surface area contributed by atoms with Gasteiger partial charge in [0.2, 0.25) is 5.82 Å². The van der Waals surface area contributed by atoms with Crippen molar-refractivity contribution in [1.82, 2.24) is 20.1 Å². The predicted molar refractivity (Wildman–Crippen MR) is 113 cm³/mol. The van der Waals surface area contributed by atoms with Crippen molar-refractivity contribution >= 4 is 40.5 Å². The van der Waals surface area contributed by atoms with Crippen LogP contribution < -0.4 is 10.6 Å². The Bertz CT molecular complexity index is 1120. The summed E-state index contributed by atoms with van der Waals surface area (Å²) in [6.45, 7) is 2.06. The van der Waals surface area contributed by atoms with Crippen molar-refractivity contribution in [2.24, 2.45) is 5.11 Å². The minimum atomic E-state index is 0.439. The minimum Gasteiger partial charge on any atom is -0.317 e. The third-order valence-electron chi connectivity index (χ3n) is 5.11. The first kappa shape index (κ1) is 18.3. The lowest BCUT2D eigenvalue weighted by atomic mass is 10.1. The highest BCUT2D eigenvalue weighted by molar-refractivity contribution is 6.35. The second-order valence-corrected chi connectivity index (χ2v) is 7.99. The van der Waals surface area contributed by atoms with Gasteiger partial charge in [0.05, 0.1) is 12.2 Å². The van der Waals surface area contributed by atoms with Crippen molar-refractivity contribution in [2.75, 3.05) is 18.4 Å². The molecule has 0 radical (unpaired) electrons. The number of piperidine rings is 1. The molecule has 9 heteroatoms. The van der Waals surface area contributed by atoms with Gasteiger partial charge in [0.1, 0.15) is 11.3 Å². The number of hydrogen-bond acceptors (Lipinski definition) is 5. The van der Waals surface area contributed by atoms with Gasteiger partial charge in [-0.1, -0.05) is 28.0 Å². The molecule has 3 aromatic rings. The first-order valence-electron chi connectivity index (χ1n) is 9.43. The van der Waals surface area contributed by atoms with Crippen molar-refractivity contribution in [1.29, 1.82) is 0 Å². The SMILES string of the molecule is Clc1cc(Cl)cc(NC2=[N+]=Nc3ncc(-c4cnn(C5CCNCC5)c4)cc32)c1. The highest BCUT2D eigenvalue weighted by Gasteiger charge is 2.27. The lowest BCUT2D eigenvalue weighted by Gasteiger charge is -2.22. The molecule has 2 aliphatic rings. The second-order valence-electron chi connectivity index (χ2n) is 7.12. The predicted octanol–water partition coefficient (Wildman–Crippen LogP) is 4.34. The van der Waals surface area contributed by atoms with Crippen LogP contribution >= 0.6 is 23.2 Å². The van der Waals surface area contributed by atoms with Gasteiger partial charge in [-0.2, -0.15) is 5.10 Å². The third kappa shape index (κ3) is 3.78. The normalized spacial score (nSPS) is 16.0. The molecule has 2 aromatic heterocycles. The maximum Gasteiger partial charge on any atom is 0.416 e. The van der Waals surface area contributed by atoms with E-state index in [0.717, 1.165) is 48.3 Å². The van der Waals surface area contributed by atoms with Gasteiger partial charge in [0, 0.05) is 50.8 Å². The molecule has 0 unspecified atom stereocenters. The Morgan fingerprint density at radius 3 is 2.62 bits per heavy atom. The van der Waals surface area contributed by atoms with Gasteiger partial charge in [-0.05, 0) is 38.1 Å². The summed E-state index contributed by atoms with van der Waals surface area (Å²) in [6, 6.07) is 7.72. The van der Waals surface area contributed by atoms with Crippen LogP contribution in [0.1, 0.15) is 24.4 Å². The van der Waals surface area contributed by atoms with Gasteiger partial charge >= 0.3 is 5.84 Å². The lowest BCUT2D eigenvalue weighted by molar-refractivity contribution is -0.0710. The van der Waals surface area contributed by atoms with E-state index in [0.29, 0.717) is 27.7 Å². The Morgan fingerprint density at radius 2 is 1.83 bits per heavy atom. The van der Waals surface area contributed by atoms with E-state index in [9.17, 15) is 0 Å². The zero-order valence-electron chi connectivity index (χ0n) is 15.4. The van der Waals surface area contributed by atoms with Crippen molar-refractivity contribution in [3.63, 3.8) is 0 Å². The molecule has 1 aromatic carbocycles. The minimum absolute atomic E-state index is 0.439. The van der Waals surface area contributed by atoms with Crippen molar-refractivity contribution < 1.29 is 4.79 Å². The molecule has 1 fully saturated rings. The molecule has 0 saturated carbocycles. The number of nitrogens with one attached hydrogen (secondary N) is 2. The summed E-state index contributed by atoms with van der Waals surface area (Å²) >= 11 is 12.2. The van der Waals surface area contributed by atoms with Crippen LogP contribution in [0.25, 0.3) is 11.1 Å². The molecule has 4 heterocycles. The summed E-state index contributed by atoms with van der Waals surface area (Å²) in [5, 5.41) is 16.5. The molecule has 29 heavy (non-hydrogen) atoms. The molecule has 5 rings (SSSR count). The number of amidine groups is 1. The second kappa shape index (κ2) is 7.61. The third-order valence-corrected chi connectivity index (χ3v) is 5.55. The van der Waals surface area contributed by atoms with Crippen LogP contribution in [0, 0.1) is 0 Å². The van der Waals surface area contributed by atoms with Gasteiger partial charge in [-0.15, -0.1) is 0 Å². The Morgan fingerprint density at radius 1 is 1.03 bits per heavy atom. The number of nitrogens with zero attached hydrogens (tertiary/aromatic N) is 5. The number of fused-ring (bicyclic) bond motifs is 1. The number of pyridine rings is 1. The summed E-state index contributed by atoms with van der Waals surface area (Å²) in [5.74, 6) is 1.19. The van der Waals surface area contributed by atoms with Crippen LogP contribution in [0.4, 0.5) is 11.5 Å². The smallest absolute Gasteiger partial charge is 0.317 e. The molecule has 2 N–H and O–H groups in total. The molecule has 0 spiro atoms. The van der Waals surface area contributed by atoms with Gasteiger partial charge in [-0.3, -0.25) is 4.68 Å². The number of anilines is 1. The van der Waals surface area contributed by atoms with Gasteiger partial charge in [0.25, 0.3) is 0 Å². The van der Waals surface area contributed by atoms with E-state index >= 15 is 0 Å². The first-order valence-corrected chi connectivity index (χ1v) is 10.2. The summed E-state index contributed by atoms with van der Waals surface area (Å²) in [5.41, 5.74) is 3.57. The van der Waals surface area contributed by atoms with E-state index in [4.69, 9.17) is 23.2 Å².